The molecule has 0 aliphatic carbocycles. The van der Waals surface area contributed by atoms with Gasteiger partial charge in [0.15, 0.2) is 5.11 Å². The number of halogens is 1. The Kier molecular flexibility index (Phi) is 6.40. The molecule has 1 saturated heterocycles. The van der Waals surface area contributed by atoms with Crippen LogP contribution in [0.1, 0.15) is 50.7 Å². The van der Waals surface area contributed by atoms with Crippen molar-refractivity contribution in [1.29, 1.82) is 0 Å². The summed E-state index contributed by atoms with van der Waals surface area (Å²) in [6, 6.07) is 21.0. The number of thiocarbonyl (C=S) groups is 1. The molecule has 2 N–H and O–H groups in total. The monoisotopic (exact) mass is 560 g/mol. The van der Waals surface area contributed by atoms with Crippen LogP contribution in [0.25, 0.3) is 5.69 Å². The van der Waals surface area contributed by atoms with E-state index in [0.29, 0.717) is 5.11 Å². The predicted molar refractivity (Wildman–Crippen MR) is 149 cm³/mol. The topological polar surface area (TPSA) is 70.4 Å². The second-order valence-corrected chi connectivity index (χ2v) is 10.2. The van der Waals surface area contributed by atoms with E-state index in [1.807, 2.05) is 36.4 Å². The van der Waals surface area contributed by atoms with E-state index < -0.39 is 5.97 Å². The van der Waals surface area contributed by atoms with Crippen LogP contribution in [0.4, 0.5) is 5.69 Å². The number of anilines is 1. The number of rotatable bonds is 5. The van der Waals surface area contributed by atoms with Crippen molar-refractivity contribution in [1.82, 2.24) is 14.9 Å². The highest BCUT2D eigenvalue weighted by molar-refractivity contribution is 9.10. The molecule has 2 aromatic heterocycles. The average molecular weight is 562 g/mol. The van der Waals surface area contributed by atoms with Crippen LogP contribution in [-0.2, 0) is 0 Å². The molecule has 182 valence electrons. The van der Waals surface area contributed by atoms with Crippen LogP contribution < -0.4 is 10.2 Å². The maximum absolute atomic E-state index is 11.3. The molecule has 0 amide bonds. The molecule has 3 heterocycles. The van der Waals surface area contributed by atoms with Gasteiger partial charge in [0.05, 0.1) is 23.3 Å². The Bertz CT molecular complexity index is 1470. The van der Waals surface area contributed by atoms with Gasteiger partial charge >= 0.3 is 5.97 Å². The lowest BCUT2D eigenvalue weighted by atomic mass is 9.96. The van der Waals surface area contributed by atoms with Crippen LogP contribution in [0.5, 0.6) is 0 Å². The van der Waals surface area contributed by atoms with E-state index in [-0.39, 0.29) is 17.6 Å². The van der Waals surface area contributed by atoms with Gasteiger partial charge in [0.2, 0.25) is 0 Å². The Hall–Kier alpha value is -3.49. The zero-order valence-corrected chi connectivity index (χ0v) is 22.5. The van der Waals surface area contributed by atoms with Crippen molar-refractivity contribution in [3.63, 3.8) is 0 Å². The zero-order chi connectivity index (χ0) is 25.6. The van der Waals surface area contributed by atoms with Gasteiger partial charge in [-0.05, 0) is 105 Å². The van der Waals surface area contributed by atoms with Crippen LogP contribution in [0, 0.1) is 20.8 Å². The maximum atomic E-state index is 11.3. The highest BCUT2D eigenvalue weighted by Gasteiger charge is 2.42. The van der Waals surface area contributed by atoms with Gasteiger partial charge in [-0.25, -0.2) is 4.79 Å². The number of hydrogen-bond acceptors (Lipinski definition) is 3. The molecule has 1 aliphatic heterocycles. The van der Waals surface area contributed by atoms with Gasteiger partial charge in [-0.1, -0.05) is 22.0 Å². The Morgan fingerprint density at radius 1 is 1.03 bits per heavy atom. The van der Waals surface area contributed by atoms with Gasteiger partial charge < -0.3 is 19.9 Å². The molecule has 4 aromatic rings. The summed E-state index contributed by atoms with van der Waals surface area (Å²) >= 11 is 9.49. The van der Waals surface area contributed by atoms with Crippen LogP contribution in [0.15, 0.2) is 77.4 Å². The minimum atomic E-state index is -0.938. The molecule has 2 atom stereocenters. The number of carboxylic acids is 1. The number of aryl methyl sites for hydroxylation is 2. The summed E-state index contributed by atoms with van der Waals surface area (Å²) < 4.78 is 3.20. The highest BCUT2D eigenvalue weighted by atomic mass is 79.9. The minimum Gasteiger partial charge on any atom is -0.478 e. The normalized spacial score (nSPS) is 17.3. The van der Waals surface area contributed by atoms with Gasteiger partial charge in [-0.15, -0.1) is 0 Å². The van der Waals surface area contributed by atoms with Gasteiger partial charge in [-0.3, -0.25) is 4.98 Å². The third-order valence-electron chi connectivity index (χ3n) is 6.68. The summed E-state index contributed by atoms with van der Waals surface area (Å²) in [5, 5.41) is 13.5. The molecule has 0 unspecified atom stereocenters. The molecule has 8 heteroatoms. The summed E-state index contributed by atoms with van der Waals surface area (Å²) in [5.41, 5.74) is 7.46. The Balaban J connectivity index is 1.66. The fraction of sp³-hybridized carbons (Fsp3) is 0.179. The quantitative estimate of drug-likeness (QED) is 0.274. The molecule has 0 bridgehead atoms. The van der Waals surface area contributed by atoms with Crippen molar-refractivity contribution in [3.8, 4) is 5.69 Å². The Morgan fingerprint density at radius 2 is 1.75 bits per heavy atom. The number of benzene rings is 2. The third kappa shape index (κ3) is 4.20. The third-order valence-corrected chi connectivity index (χ3v) is 7.88. The van der Waals surface area contributed by atoms with Crippen molar-refractivity contribution in [2.75, 3.05) is 4.90 Å². The molecule has 0 radical (unpaired) electrons. The lowest BCUT2D eigenvalue weighted by molar-refractivity contribution is 0.0697. The van der Waals surface area contributed by atoms with Crippen molar-refractivity contribution >= 4 is 44.9 Å². The predicted octanol–water partition coefficient (Wildman–Crippen LogP) is 6.44. The lowest BCUT2D eigenvalue weighted by Gasteiger charge is -2.28. The Morgan fingerprint density at radius 3 is 2.39 bits per heavy atom. The zero-order valence-electron chi connectivity index (χ0n) is 20.1. The van der Waals surface area contributed by atoms with Crippen molar-refractivity contribution in [3.05, 3.63) is 111 Å². The number of hydrogen-bond donors (Lipinski definition) is 2. The fourth-order valence-electron chi connectivity index (χ4n) is 4.97. The van der Waals surface area contributed by atoms with Crippen molar-refractivity contribution in [2.45, 2.75) is 32.9 Å². The molecule has 1 fully saturated rings. The van der Waals surface area contributed by atoms with E-state index in [1.54, 1.807) is 18.3 Å². The van der Waals surface area contributed by atoms with Crippen LogP contribution >= 0.6 is 28.1 Å². The molecule has 1 aliphatic rings. The molecule has 36 heavy (non-hydrogen) atoms. The smallest absolute Gasteiger partial charge is 0.335 e. The fourth-order valence-corrected chi connectivity index (χ4v) is 5.56. The van der Waals surface area contributed by atoms with Gasteiger partial charge in [0, 0.05) is 33.4 Å². The summed E-state index contributed by atoms with van der Waals surface area (Å²) in [5.74, 6) is -0.938. The van der Waals surface area contributed by atoms with Gasteiger partial charge in [0.25, 0.3) is 0 Å². The molecule has 0 saturated carbocycles. The summed E-state index contributed by atoms with van der Waals surface area (Å²) in [7, 11) is 0. The first-order valence-corrected chi connectivity index (χ1v) is 12.8. The lowest BCUT2D eigenvalue weighted by Crippen LogP contribution is -2.29. The highest BCUT2D eigenvalue weighted by Crippen LogP contribution is 2.44. The summed E-state index contributed by atoms with van der Waals surface area (Å²) in [4.78, 5) is 18.2. The number of pyridine rings is 1. The van der Waals surface area contributed by atoms with Crippen LogP contribution in [0.2, 0.25) is 0 Å². The Labute approximate surface area is 223 Å². The molecule has 5 rings (SSSR count). The SMILES string of the molecule is Cc1cc(N2C(=S)N[C@@H](c3ccccn3)[C@H]2c2cc(C)n(-c3ccc(C(=O)O)cc3)c2C)ccc1Br. The largest absolute Gasteiger partial charge is 0.478 e. The standard InChI is InChI=1S/C28H25BrN4O2S/c1-16-14-21(11-12-23(16)29)33-26(25(31-28(33)36)24-6-4-5-13-30-24)22-15-17(2)32(18(22)3)20-9-7-19(8-10-20)27(34)35/h4-15,25-26H,1-3H3,(H,31,36)(H,34,35)/t25-,26+/m0/s1. The number of aromatic nitrogens is 2. The second-order valence-electron chi connectivity index (χ2n) is 8.94. The van der Waals surface area contributed by atoms with E-state index >= 15 is 0 Å². The first-order valence-electron chi connectivity index (χ1n) is 11.6. The van der Waals surface area contributed by atoms with Crippen molar-refractivity contribution in [2.24, 2.45) is 0 Å². The van der Waals surface area contributed by atoms with E-state index in [1.165, 1.54) is 0 Å². The van der Waals surface area contributed by atoms with Crippen LogP contribution in [0.3, 0.4) is 0 Å². The van der Waals surface area contributed by atoms with Gasteiger partial charge in [-0.2, -0.15) is 0 Å². The number of carboxylic acid groups (broad SMARTS) is 1. The van der Waals surface area contributed by atoms with Gasteiger partial charge in [0.1, 0.15) is 0 Å². The number of nitrogens with one attached hydrogen (secondary N) is 1. The summed E-state index contributed by atoms with van der Waals surface area (Å²) in [6.07, 6.45) is 1.80. The van der Waals surface area contributed by atoms with Crippen molar-refractivity contribution < 1.29 is 9.90 Å². The molecule has 6 nitrogen and oxygen atoms in total. The molecular weight excluding hydrogens is 536 g/mol. The van der Waals surface area contributed by atoms with E-state index in [0.717, 1.165) is 44.1 Å². The van der Waals surface area contributed by atoms with E-state index in [9.17, 15) is 9.90 Å². The number of aromatic carboxylic acids is 1. The number of nitrogens with zero attached hydrogens (tertiary/aromatic N) is 3. The summed E-state index contributed by atoms with van der Waals surface area (Å²) in [6.45, 7) is 6.22. The maximum Gasteiger partial charge on any atom is 0.335 e. The average Bonchev–Trinajstić information content (AvgIpc) is 3.36. The molecule has 2 aromatic carbocycles. The van der Waals surface area contributed by atoms with Crippen LogP contribution in [-0.4, -0.2) is 25.7 Å². The van der Waals surface area contributed by atoms with E-state index in [4.69, 9.17) is 12.2 Å². The first kappa shape index (κ1) is 24.2. The molecule has 0 spiro atoms. The minimum absolute atomic E-state index is 0.133. The van der Waals surface area contributed by atoms with E-state index in [2.05, 4.69) is 74.7 Å². The number of carbonyl (C=O) groups is 1. The second kappa shape index (κ2) is 9.52. The first-order chi connectivity index (χ1) is 17.3. The molecular formula is C28H25BrN4O2S.